The molecular weight excluding hydrogens is 318 g/mol. The van der Waals surface area contributed by atoms with Gasteiger partial charge in [-0.3, -0.25) is 4.79 Å². The number of amides is 1. The summed E-state index contributed by atoms with van der Waals surface area (Å²) in [7, 11) is 1.70. The van der Waals surface area contributed by atoms with Crippen molar-refractivity contribution in [1.82, 2.24) is 24.4 Å². The van der Waals surface area contributed by atoms with Gasteiger partial charge in [-0.05, 0) is 12.8 Å². The third kappa shape index (κ3) is 4.04. The molecule has 0 spiro atoms. The third-order valence-electron chi connectivity index (χ3n) is 4.63. The van der Waals surface area contributed by atoms with E-state index in [1.165, 1.54) is 0 Å². The van der Waals surface area contributed by atoms with E-state index in [1.54, 1.807) is 19.5 Å². The Morgan fingerprint density at radius 1 is 1.32 bits per heavy atom. The molecule has 2 aromatic heterocycles. The van der Waals surface area contributed by atoms with E-state index in [0.717, 1.165) is 44.0 Å². The highest BCUT2D eigenvalue weighted by molar-refractivity contribution is 5.93. The number of aryl methyl sites for hydroxylation is 1. The normalized spacial score (nSPS) is 17.7. The first-order chi connectivity index (χ1) is 12.2. The van der Waals surface area contributed by atoms with Crippen LogP contribution in [0.3, 0.4) is 0 Å². The van der Waals surface area contributed by atoms with Gasteiger partial charge in [-0.1, -0.05) is 6.92 Å². The smallest absolute Gasteiger partial charge is 0.257 e. The number of rotatable bonds is 6. The second-order valence-corrected chi connectivity index (χ2v) is 6.30. The predicted molar refractivity (Wildman–Crippen MR) is 93.4 cm³/mol. The average molecular weight is 343 g/mol. The molecule has 1 saturated heterocycles. The lowest BCUT2D eigenvalue weighted by Crippen LogP contribution is -2.40. The zero-order valence-electron chi connectivity index (χ0n) is 14.9. The molecule has 3 rings (SSSR count). The Morgan fingerprint density at radius 3 is 2.84 bits per heavy atom. The zero-order valence-corrected chi connectivity index (χ0v) is 14.9. The van der Waals surface area contributed by atoms with E-state index in [0.29, 0.717) is 18.7 Å². The van der Waals surface area contributed by atoms with Crippen molar-refractivity contribution in [3.8, 4) is 0 Å². The molecule has 2 aromatic rings. The van der Waals surface area contributed by atoms with Gasteiger partial charge in [0.1, 0.15) is 11.6 Å². The van der Waals surface area contributed by atoms with Crippen LogP contribution in [0.5, 0.6) is 0 Å². The maximum Gasteiger partial charge on any atom is 0.257 e. The number of carbonyl (C=O) groups is 1. The molecule has 0 aromatic carbocycles. The lowest BCUT2D eigenvalue weighted by Gasteiger charge is -2.32. The molecule has 1 amide bonds. The van der Waals surface area contributed by atoms with E-state index in [4.69, 9.17) is 4.74 Å². The van der Waals surface area contributed by atoms with Crippen LogP contribution in [0, 0.1) is 0 Å². The van der Waals surface area contributed by atoms with E-state index < -0.39 is 0 Å². The fraction of sp³-hybridized carbons (Fsp3) is 0.556. The van der Waals surface area contributed by atoms with E-state index in [1.807, 2.05) is 24.2 Å². The van der Waals surface area contributed by atoms with Crippen molar-refractivity contribution in [1.29, 1.82) is 0 Å². The van der Waals surface area contributed by atoms with Crippen LogP contribution >= 0.6 is 0 Å². The number of piperidine rings is 1. The Hall–Kier alpha value is -2.28. The van der Waals surface area contributed by atoms with E-state index >= 15 is 0 Å². The lowest BCUT2D eigenvalue weighted by atomic mass is 9.96. The standard InChI is InChI=1S/C18H25N5O2/c1-3-16-20-11-15(12-21-16)18(24)23-7-4-5-14(13-23)17-19-6-8-22(17)9-10-25-2/h6,8,11-12,14H,3-5,7,9-10,13H2,1-2H3/t14-/m1/s1. The van der Waals surface area contributed by atoms with Gasteiger partial charge in [0.25, 0.3) is 5.91 Å². The van der Waals surface area contributed by atoms with Crippen molar-refractivity contribution in [2.75, 3.05) is 26.8 Å². The summed E-state index contributed by atoms with van der Waals surface area (Å²) in [6, 6.07) is 0. The topological polar surface area (TPSA) is 73.1 Å². The molecule has 0 radical (unpaired) electrons. The summed E-state index contributed by atoms with van der Waals surface area (Å²) < 4.78 is 7.29. The molecule has 7 nitrogen and oxygen atoms in total. The Bertz CT molecular complexity index is 698. The number of methoxy groups -OCH3 is 1. The summed E-state index contributed by atoms with van der Waals surface area (Å²) in [5.41, 5.74) is 0.556. The third-order valence-corrected chi connectivity index (χ3v) is 4.63. The average Bonchev–Trinajstić information content (AvgIpc) is 3.14. The molecular formula is C18H25N5O2. The first-order valence-corrected chi connectivity index (χ1v) is 8.83. The van der Waals surface area contributed by atoms with Crippen molar-refractivity contribution in [3.63, 3.8) is 0 Å². The summed E-state index contributed by atoms with van der Waals surface area (Å²) in [6.45, 7) is 4.88. The van der Waals surface area contributed by atoms with Gasteiger partial charge < -0.3 is 14.2 Å². The van der Waals surface area contributed by atoms with Crippen LogP contribution in [0.1, 0.15) is 47.7 Å². The summed E-state index contributed by atoms with van der Waals surface area (Å²) in [5, 5.41) is 0. The van der Waals surface area contributed by atoms with Crippen LogP contribution in [-0.4, -0.2) is 57.1 Å². The Morgan fingerprint density at radius 2 is 2.12 bits per heavy atom. The maximum absolute atomic E-state index is 12.8. The van der Waals surface area contributed by atoms with Crippen LogP contribution in [0.15, 0.2) is 24.8 Å². The summed E-state index contributed by atoms with van der Waals surface area (Å²) in [4.78, 5) is 27.7. The minimum absolute atomic E-state index is 0.00218. The zero-order chi connectivity index (χ0) is 17.6. The number of aromatic nitrogens is 4. The molecule has 1 fully saturated rings. The van der Waals surface area contributed by atoms with Gasteiger partial charge in [-0.2, -0.15) is 0 Å². The highest BCUT2D eigenvalue weighted by atomic mass is 16.5. The molecule has 1 aliphatic rings. The van der Waals surface area contributed by atoms with Gasteiger partial charge >= 0.3 is 0 Å². The molecule has 1 aliphatic heterocycles. The highest BCUT2D eigenvalue weighted by Crippen LogP contribution is 2.26. The van der Waals surface area contributed by atoms with Crippen molar-refractivity contribution in [2.45, 2.75) is 38.6 Å². The Balaban J connectivity index is 1.70. The number of hydrogen-bond donors (Lipinski definition) is 0. The first kappa shape index (κ1) is 17.5. The predicted octanol–water partition coefficient (Wildman–Crippen LogP) is 1.90. The number of nitrogens with zero attached hydrogens (tertiary/aromatic N) is 5. The fourth-order valence-corrected chi connectivity index (χ4v) is 3.26. The molecule has 1 atom stereocenters. The fourth-order valence-electron chi connectivity index (χ4n) is 3.26. The molecule has 0 aliphatic carbocycles. The van der Waals surface area contributed by atoms with Crippen molar-refractivity contribution >= 4 is 5.91 Å². The monoisotopic (exact) mass is 343 g/mol. The largest absolute Gasteiger partial charge is 0.383 e. The van der Waals surface area contributed by atoms with Crippen LogP contribution in [0.2, 0.25) is 0 Å². The number of carbonyl (C=O) groups excluding carboxylic acids is 1. The molecule has 0 unspecified atom stereocenters. The molecule has 134 valence electrons. The van der Waals surface area contributed by atoms with Crippen molar-refractivity contribution in [3.05, 3.63) is 42.0 Å². The molecule has 25 heavy (non-hydrogen) atoms. The van der Waals surface area contributed by atoms with Crippen LogP contribution < -0.4 is 0 Å². The number of hydrogen-bond acceptors (Lipinski definition) is 5. The van der Waals surface area contributed by atoms with Gasteiger partial charge in [-0.15, -0.1) is 0 Å². The van der Waals surface area contributed by atoms with Gasteiger partial charge in [0, 0.05) is 63.9 Å². The lowest BCUT2D eigenvalue weighted by molar-refractivity contribution is 0.0701. The first-order valence-electron chi connectivity index (χ1n) is 8.83. The van der Waals surface area contributed by atoms with E-state index in [9.17, 15) is 4.79 Å². The molecule has 0 bridgehead atoms. The van der Waals surface area contributed by atoms with Gasteiger partial charge in [-0.25, -0.2) is 15.0 Å². The number of likely N-dealkylation sites (tertiary alicyclic amines) is 1. The van der Waals surface area contributed by atoms with Crippen molar-refractivity contribution in [2.24, 2.45) is 0 Å². The minimum Gasteiger partial charge on any atom is -0.383 e. The summed E-state index contributed by atoms with van der Waals surface area (Å²) in [5.74, 6) is 2.04. The molecule has 0 saturated carbocycles. The number of imidazole rings is 1. The number of ether oxygens (including phenoxy) is 1. The Kier molecular flexibility index (Phi) is 5.75. The van der Waals surface area contributed by atoms with Gasteiger partial charge in [0.05, 0.1) is 12.2 Å². The minimum atomic E-state index is 0.00218. The quantitative estimate of drug-likeness (QED) is 0.801. The second kappa shape index (κ2) is 8.20. The Labute approximate surface area is 148 Å². The van der Waals surface area contributed by atoms with Gasteiger partial charge in [0.2, 0.25) is 0 Å². The summed E-state index contributed by atoms with van der Waals surface area (Å²) in [6.07, 6.45) is 9.86. The molecule has 3 heterocycles. The van der Waals surface area contributed by atoms with E-state index in [-0.39, 0.29) is 11.8 Å². The van der Waals surface area contributed by atoms with E-state index in [2.05, 4.69) is 19.5 Å². The maximum atomic E-state index is 12.8. The second-order valence-electron chi connectivity index (χ2n) is 6.30. The van der Waals surface area contributed by atoms with Crippen LogP contribution in [0.25, 0.3) is 0 Å². The summed E-state index contributed by atoms with van der Waals surface area (Å²) >= 11 is 0. The molecule has 0 N–H and O–H groups in total. The highest BCUT2D eigenvalue weighted by Gasteiger charge is 2.28. The van der Waals surface area contributed by atoms with Crippen LogP contribution in [-0.2, 0) is 17.7 Å². The SMILES string of the molecule is CCc1ncc(C(=O)N2CCC[C@@H](c3nccn3CCOC)C2)cn1. The van der Waals surface area contributed by atoms with Crippen LogP contribution in [0.4, 0.5) is 0 Å². The molecule has 7 heteroatoms. The van der Waals surface area contributed by atoms with Crippen molar-refractivity contribution < 1.29 is 9.53 Å². The van der Waals surface area contributed by atoms with Gasteiger partial charge in [0.15, 0.2) is 0 Å².